The standard InChI is InChI=1S/C14H26N2O5/c1-8(2)9(10(17)18)15-11(19)14(6,7)16-12(20)21-13(3,4)5/h8-9H,1-7H3,(H,15,19)(H,16,20)(H,17,18)/t9-/m0/s1. The minimum atomic E-state index is -1.29. The highest BCUT2D eigenvalue weighted by Crippen LogP contribution is 2.11. The zero-order chi connectivity index (χ0) is 17.0. The minimum Gasteiger partial charge on any atom is -0.480 e. The van der Waals surface area contributed by atoms with Gasteiger partial charge in [-0.1, -0.05) is 13.8 Å². The predicted octanol–water partition coefficient (Wildman–Crippen LogP) is 1.52. The molecule has 1 atom stereocenters. The van der Waals surface area contributed by atoms with Crippen molar-refractivity contribution in [2.24, 2.45) is 5.92 Å². The summed E-state index contributed by atoms with van der Waals surface area (Å²) in [5.74, 6) is -1.98. The fourth-order valence-corrected chi connectivity index (χ4v) is 1.45. The molecule has 0 spiro atoms. The van der Waals surface area contributed by atoms with Crippen LogP contribution >= 0.6 is 0 Å². The van der Waals surface area contributed by atoms with Gasteiger partial charge in [0.15, 0.2) is 0 Å². The third-order valence-electron chi connectivity index (χ3n) is 2.60. The lowest BCUT2D eigenvalue weighted by molar-refractivity contribution is -0.144. The summed E-state index contributed by atoms with van der Waals surface area (Å²) >= 11 is 0. The third-order valence-corrected chi connectivity index (χ3v) is 2.60. The van der Waals surface area contributed by atoms with Crippen molar-refractivity contribution in [3.63, 3.8) is 0 Å². The lowest BCUT2D eigenvalue weighted by Gasteiger charge is -2.29. The van der Waals surface area contributed by atoms with Gasteiger partial charge in [0, 0.05) is 0 Å². The van der Waals surface area contributed by atoms with Gasteiger partial charge in [-0.25, -0.2) is 9.59 Å². The Balaban J connectivity index is 4.80. The highest BCUT2D eigenvalue weighted by molar-refractivity contribution is 5.92. The Hall–Kier alpha value is -1.79. The van der Waals surface area contributed by atoms with E-state index in [0.29, 0.717) is 0 Å². The second-order valence-corrected chi connectivity index (χ2v) is 6.79. The zero-order valence-corrected chi connectivity index (χ0v) is 13.7. The summed E-state index contributed by atoms with van der Waals surface area (Å²) in [5.41, 5.74) is -1.97. The first-order chi connectivity index (χ1) is 9.26. The van der Waals surface area contributed by atoms with Gasteiger partial charge in [-0.15, -0.1) is 0 Å². The lowest BCUT2D eigenvalue weighted by atomic mass is 10.0. The van der Waals surface area contributed by atoms with Crippen molar-refractivity contribution in [3.05, 3.63) is 0 Å². The van der Waals surface area contributed by atoms with Crippen LogP contribution in [0.1, 0.15) is 48.5 Å². The van der Waals surface area contributed by atoms with Crippen molar-refractivity contribution < 1.29 is 24.2 Å². The van der Waals surface area contributed by atoms with Crippen molar-refractivity contribution in [2.75, 3.05) is 0 Å². The molecule has 0 aromatic heterocycles. The van der Waals surface area contributed by atoms with Gasteiger partial charge < -0.3 is 20.5 Å². The molecule has 0 fully saturated rings. The first kappa shape index (κ1) is 19.2. The number of alkyl carbamates (subject to hydrolysis) is 1. The second kappa shape index (κ2) is 6.78. The molecular formula is C14H26N2O5. The van der Waals surface area contributed by atoms with Crippen LogP contribution in [0, 0.1) is 5.92 Å². The Labute approximate surface area is 125 Å². The molecular weight excluding hydrogens is 276 g/mol. The number of aliphatic carboxylic acids is 1. The van der Waals surface area contributed by atoms with Crippen LogP contribution in [0.4, 0.5) is 4.79 Å². The van der Waals surface area contributed by atoms with Gasteiger partial charge in [0.2, 0.25) is 5.91 Å². The molecule has 0 aliphatic heterocycles. The average Bonchev–Trinajstić information content (AvgIpc) is 2.20. The Morgan fingerprint density at radius 2 is 1.52 bits per heavy atom. The van der Waals surface area contributed by atoms with Gasteiger partial charge in [-0.05, 0) is 40.5 Å². The van der Waals surface area contributed by atoms with Crippen molar-refractivity contribution in [3.8, 4) is 0 Å². The first-order valence-corrected chi connectivity index (χ1v) is 6.81. The lowest BCUT2D eigenvalue weighted by Crippen LogP contribution is -2.59. The van der Waals surface area contributed by atoms with E-state index in [4.69, 9.17) is 9.84 Å². The molecule has 0 unspecified atom stereocenters. The second-order valence-electron chi connectivity index (χ2n) is 6.79. The highest BCUT2D eigenvalue weighted by atomic mass is 16.6. The van der Waals surface area contributed by atoms with Crippen LogP contribution in [0.3, 0.4) is 0 Å². The van der Waals surface area contributed by atoms with E-state index in [9.17, 15) is 14.4 Å². The number of carboxylic acids is 1. The van der Waals surface area contributed by atoms with Crippen molar-refractivity contribution in [2.45, 2.75) is 65.6 Å². The fraction of sp³-hybridized carbons (Fsp3) is 0.786. The maximum absolute atomic E-state index is 12.1. The number of hydrogen-bond donors (Lipinski definition) is 3. The van der Waals surface area contributed by atoms with Gasteiger partial charge in [-0.3, -0.25) is 4.79 Å². The monoisotopic (exact) mass is 302 g/mol. The van der Waals surface area contributed by atoms with Gasteiger partial charge in [0.25, 0.3) is 0 Å². The summed E-state index contributed by atoms with van der Waals surface area (Å²) in [6.45, 7) is 11.5. The number of nitrogens with one attached hydrogen (secondary N) is 2. The normalized spacial score (nSPS) is 13.5. The van der Waals surface area contributed by atoms with E-state index in [1.807, 2.05) is 0 Å². The molecule has 0 aliphatic rings. The molecule has 2 amide bonds. The van der Waals surface area contributed by atoms with Crippen molar-refractivity contribution >= 4 is 18.0 Å². The molecule has 0 saturated carbocycles. The number of hydrogen-bond acceptors (Lipinski definition) is 4. The molecule has 0 radical (unpaired) electrons. The third kappa shape index (κ3) is 6.97. The van der Waals surface area contributed by atoms with Crippen molar-refractivity contribution in [1.82, 2.24) is 10.6 Å². The molecule has 0 saturated heterocycles. The summed E-state index contributed by atoms with van der Waals surface area (Å²) < 4.78 is 5.08. The molecule has 0 heterocycles. The molecule has 0 aromatic rings. The summed E-state index contributed by atoms with van der Waals surface area (Å²) in [6.07, 6.45) is -0.737. The average molecular weight is 302 g/mol. The van der Waals surface area contributed by atoms with Gasteiger partial charge in [0.1, 0.15) is 17.2 Å². The number of amides is 2. The topological polar surface area (TPSA) is 105 Å². The van der Waals surface area contributed by atoms with Gasteiger partial charge in [0.05, 0.1) is 0 Å². The Morgan fingerprint density at radius 1 is 1.05 bits per heavy atom. The number of rotatable bonds is 5. The number of carbonyl (C=O) groups excluding carboxylic acids is 2. The van der Waals surface area contributed by atoms with Crippen molar-refractivity contribution in [1.29, 1.82) is 0 Å². The van der Waals surface area contributed by atoms with E-state index in [0.717, 1.165) is 0 Å². The Kier molecular flexibility index (Phi) is 6.20. The van der Waals surface area contributed by atoms with Gasteiger partial charge in [-0.2, -0.15) is 0 Å². The van der Waals surface area contributed by atoms with E-state index in [2.05, 4.69) is 10.6 Å². The first-order valence-electron chi connectivity index (χ1n) is 6.81. The molecule has 7 heteroatoms. The van der Waals surface area contributed by atoms with Crippen LogP contribution in [-0.2, 0) is 14.3 Å². The SMILES string of the molecule is CC(C)[C@H](NC(=O)C(C)(C)NC(=O)OC(C)(C)C)C(=O)O. The van der Waals surface area contributed by atoms with E-state index in [1.165, 1.54) is 13.8 Å². The van der Waals surface area contributed by atoms with Crippen LogP contribution < -0.4 is 10.6 Å². The molecule has 0 aliphatic carbocycles. The molecule has 7 nitrogen and oxygen atoms in total. The minimum absolute atomic E-state index is 0.274. The maximum atomic E-state index is 12.1. The molecule has 0 bridgehead atoms. The zero-order valence-electron chi connectivity index (χ0n) is 13.7. The largest absolute Gasteiger partial charge is 0.480 e. The molecule has 122 valence electrons. The summed E-state index contributed by atoms with van der Waals surface area (Å²) in [4.78, 5) is 34.9. The highest BCUT2D eigenvalue weighted by Gasteiger charge is 2.35. The molecule has 21 heavy (non-hydrogen) atoms. The van der Waals surface area contributed by atoms with Crippen LogP contribution in [0.15, 0.2) is 0 Å². The van der Waals surface area contributed by atoms with E-state index in [1.54, 1.807) is 34.6 Å². The smallest absolute Gasteiger partial charge is 0.408 e. The Morgan fingerprint density at radius 3 is 1.86 bits per heavy atom. The van der Waals surface area contributed by atoms with Crippen LogP contribution in [0.5, 0.6) is 0 Å². The summed E-state index contributed by atoms with van der Waals surface area (Å²) in [6, 6.07) is -1.02. The fourth-order valence-electron chi connectivity index (χ4n) is 1.45. The van der Waals surface area contributed by atoms with Crippen LogP contribution in [-0.4, -0.2) is 40.3 Å². The molecule has 3 N–H and O–H groups in total. The molecule has 0 aromatic carbocycles. The van der Waals surface area contributed by atoms with Gasteiger partial charge >= 0.3 is 12.1 Å². The number of carbonyl (C=O) groups is 3. The van der Waals surface area contributed by atoms with Crippen LogP contribution in [0.25, 0.3) is 0 Å². The summed E-state index contributed by atoms with van der Waals surface area (Å²) in [7, 11) is 0. The van der Waals surface area contributed by atoms with Crippen LogP contribution in [0.2, 0.25) is 0 Å². The Bertz CT molecular complexity index is 410. The maximum Gasteiger partial charge on any atom is 0.408 e. The number of carboxylic acid groups (broad SMARTS) is 1. The van der Waals surface area contributed by atoms with E-state index < -0.39 is 35.2 Å². The predicted molar refractivity (Wildman–Crippen MR) is 77.9 cm³/mol. The van der Waals surface area contributed by atoms with E-state index >= 15 is 0 Å². The summed E-state index contributed by atoms with van der Waals surface area (Å²) in [5, 5.41) is 13.9. The number of ether oxygens (including phenoxy) is 1. The quantitative estimate of drug-likeness (QED) is 0.714. The van der Waals surface area contributed by atoms with E-state index in [-0.39, 0.29) is 5.92 Å². The molecule has 0 rings (SSSR count).